The lowest BCUT2D eigenvalue weighted by Gasteiger charge is -2.20. The molecule has 0 amide bonds. The van der Waals surface area contributed by atoms with Gasteiger partial charge in [-0.2, -0.15) is 13.5 Å². The number of ketones is 1. The molecule has 0 bridgehead atoms. The van der Waals surface area contributed by atoms with E-state index in [1.54, 1.807) is 13.8 Å². The van der Waals surface area contributed by atoms with Gasteiger partial charge in [-0.1, -0.05) is 20.8 Å². The Morgan fingerprint density at radius 1 is 1.28 bits per heavy atom. The summed E-state index contributed by atoms with van der Waals surface area (Å²) in [4.78, 5) is 13.5. The second-order valence-corrected chi connectivity index (χ2v) is 11.6. The highest BCUT2D eigenvalue weighted by atomic mass is 32.2. The molecule has 0 atom stereocenters. The third-order valence-corrected chi connectivity index (χ3v) is 8.46. The van der Waals surface area contributed by atoms with Crippen LogP contribution in [0.3, 0.4) is 0 Å². The van der Waals surface area contributed by atoms with E-state index >= 15 is 0 Å². The quantitative estimate of drug-likeness (QED) is 0.499. The molecule has 0 saturated carbocycles. The van der Waals surface area contributed by atoms with Gasteiger partial charge in [-0.25, -0.2) is 13.1 Å². The van der Waals surface area contributed by atoms with Crippen LogP contribution in [0.4, 0.5) is 0 Å². The number of hydrogen-bond donors (Lipinski definition) is 0. The molecule has 158 valence electrons. The minimum atomic E-state index is -3.86. The van der Waals surface area contributed by atoms with Gasteiger partial charge in [-0.15, -0.1) is 0 Å². The van der Waals surface area contributed by atoms with Gasteiger partial charge >= 0.3 is 10.1 Å². The second-order valence-electron chi connectivity index (χ2n) is 7.92. The average Bonchev–Trinajstić information content (AvgIpc) is 3.01. The molecule has 0 aliphatic carbocycles. The zero-order chi connectivity index (χ0) is 21.8. The van der Waals surface area contributed by atoms with E-state index in [0.29, 0.717) is 23.1 Å². The number of nitrogens with zero attached hydrogens (tertiary/aromatic N) is 2. The monoisotopic (exact) mass is 440 g/mol. The summed E-state index contributed by atoms with van der Waals surface area (Å²) in [5.41, 5.74) is 0.847. The summed E-state index contributed by atoms with van der Waals surface area (Å²) in [5, 5.41) is 3.97. The van der Waals surface area contributed by atoms with Crippen LogP contribution in [0.1, 0.15) is 54.2 Å². The molecule has 0 fully saturated rings. The van der Waals surface area contributed by atoms with Crippen molar-refractivity contribution in [2.24, 2.45) is 7.05 Å². The van der Waals surface area contributed by atoms with Gasteiger partial charge in [0.25, 0.3) is 0 Å². The van der Waals surface area contributed by atoms with Crippen molar-refractivity contribution in [2.75, 3.05) is 11.5 Å². The summed E-state index contributed by atoms with van der Waals surface area (Å²) in [6.45, 7) is 7.07. The van der Waals surface area contributed by atoms with Gasteiger partial charge in [0, 0.05) is 18.0 Å². The van der Waals surface area contributed by atoms with E-state index in [1.807, 2.05) is 13.8 Å². The fourth-order valence-corrected chi connectivity index (χ4v) is 7.18. The third-order valence-electron chi connectivity index (χ3n) is 5.02. The van der Waals surface area contributed by atoms with Crippen LogP contribution in [0.2, 0.25) is 0 Å². The Balaban J connectivity index is 2.11. The fourth-order valence-electron chi connectivity index (χ4n) is 3.90. The van der Waals surface area contributed by atoms with Crippen LogP contribution in [-0.2, 0) is 32.4 Å². The number of benzene rings is 1. The molecule has 0 N–H and O–H groups in total. The number of sulfone groups is 1. The van der Waals surface area contributed by atoms with Gasteiger partial charge in [0.05, 0.1) is 22.6 Å². The third kappa shape index (κ3) is 3.71. The van der Waals surface area contributed by atoms with E-state index < -0.39 is 31.2 Å². The molecule has 0 radical (unpaired) electrons. The van der Waals surface area contributed by atoms with E-state index in [1.165, 1.54) is 30.1 Å². The second kappa shape index (κ2) is 6.94. The molecule has 29 heavy (non-hydrogen) atoms. The molecule has 1 aromatic carbocycles. The van der Waals surface area contributed by atoms with Crippen molar-refractivity contribution >= 4 is 25.7 Å². The van der Waals surface area contributed by atoms with Crippen LogP contribution in [0.25, 0.3) is 0 Å². The maximum atomic E-state index is 13.2. The zero-order valence-electron chi connectivity index (χ0n) is 17.0. The van der Waals surface area contributed by atoms with Gasteiger partial charge in [0.1, 0.15) is 5.56 Å². The van der Waals surface area contributed by atoms with E-state index in [-0.39, 0.29) is 27.8 Å². The molecule has 2 heterocycles. The number of aryl methyl sites for hydroxylation is 1. The van der Waals surface area contributed by atoms with E-state index in [2.05, 4.69) is 5.10 Å². The minimum absolute atomic E-state index is 0.00823. The molecular weight excluding hydrogens is 416 g/mol. The van der Waals surface area contributed by atoms with Crippen LogP contribution in [0.15, 0.2) is 23.2 Å². The van der Waals surface area contributed by atoms with Crippen molar-refractivity contribution in [2.45, 2.75) is 44.4 Å². The Kier molecular flexibility index (Phi) is 5.15. The number of hydrogen-bond acceptors (Lipinski definition) is 7. The molecule has 1 aliphatic rings. The smallest absolute Gasteiger partial charge is 0.310 e. The predicted molar refractivity (Wildman–Crippen MR) is 108 cm³/mol. The first-order valence-electron chi connectivity index (χ1n) is 9.16. The summed E-state index contributed by atoms with van der Waals surface area (Å²) < 4.78 is 55.5. The highest BCUT2D eigenvalue weighted by molar-refractivity contribution is 7.91. The molecule has 10 heteroatoms. The Morgan fingerprint density at radius 3 is 2.55 bits per heavy atom. The molecule has 2 aromatic rings. The van der Waals surface area contributed by atoms with Crippen molar-refractivity contribution < 1.29 is 25.8 Å². The van der Waals surface area contributed by atoms with Crippen LogP contribution in [0.5, 0.6) is 5.88 Å². The first-order chi connectivity index (χ1) is 13.3. The van der Waals surface area contributed by atoms with Gasteiger partial charge < -0.3 is 4.18 Å². The molecule has 3 rings (SSSR count). The molecule has 0 unspecified atom stereocenters. The maximum Gasteiger partial charge on any atom is 0.310 e. The summed E-state index contributed by atoms with van der Waals surface area (Å²) >= 11 is 0. The number of carbonyl (C=O) groups is 1. The number of fused-ring (bicyclic) bond motifs is 1. The van der Waals surface area contributed by atoms with Crippen molar-refractivity contribution in [1.29, 1.82) is 0 Å². The summed E-state index contributed by atoms with van der Waals surface area (Å²) in [6.07, 6.45) is 1.63. The van der Waals surface area contributed by atoms with Crippen molar-refractivity contribution in [1.82, 2.24) is 9.78 Å². The van der Waals surface area contributed by atoms with Gasteiger partial charge in [-0.3, -0.25) is 4.79 Å². The molecule has 8 nitrogen and oxygen atoms in total. The first kappa shape index (κ1) is 21.5. The predicted octanol–water partition coefficient (Wildman–Crippen LogP) is 2.14. The molecule has 1 aliphatic heterocycles. The fraction of sp³-hybridized carbons (Fsp3) is 0.474. The summed E-state index contributed by atoms with van der Waals surface area (Å²) in [5.74, 6) is -0.838. The van der Waals surface area contributed by atoms with Gasteiger partial charge in [0.2, 0.25) is 5.88 Å². The lowest BCUT2D eigenvalue weighted by molar-refractivity contribution is 0.103. The van der Waals surface area contributed by atoms with Crippen LogP contribution < -0.4 is 4.18 Å². The van der Waals surface area contributed by atoms with E-state index in [0.717, 1.165) is 0 Å². The van der Waals surface area contributed by atoms with Crippen LogP contribution in [0, 0.1) is 6.92 Å². The zero-order valence-corrected chi connectivity index (χ0v) is 18.6. The average molecular weight is 441 g/mol. The molecule has 1 aromatic heterocycles. The topological polar surface area (TPSA) is 112 Å². The molecule has 0 spiro atoms. The number of rotatable bonds is 6. The standard InChI is InChI=1S/C19H24N2O6S2/c1-6-9-29(25,26)27-18-14(10-20-21(18)5)17(22)13-7-8-15-16(12(13)2)19(3,4)11-28(15,23)24/h7-8,10H,6,9,11H2,1-5H3. The van der Waals surface area contributed by atoms with Crippen LogP contribution in [-0.4, -0.2) is 43.9 Å². The minimum Gasteiger partial charge on any atom is -0.361 e. The maximum absolute atomic E-state index is 13.2. The normalized spacial score (nSPS) is 17.1. The Hall–Kier alpha value is -2.20. The number of carbonyl (C=O) groups excluding carboxylic acids is 1. The lowest BCUT2D eigenvalue weighted by Crippen LogP contribution is -2.21. The van der Waals surface area contributed by atoms with Crippen molar-refractivity contribution in [3.8, 4) is 5.88 Å². The van der Waals surface area contributed by atoms with Crippen molar-refractivity contribution in [3.05, 3.63) is 40.6 Å². The largest absolute Gasteiger partial charge is 0.361 e. The highest BCUT2D eigenvalue weighted by Crippen LogP contribution is 2.42. The van der Waals surface area contributed by atoms with E-state index in [9.17, 15) is 21.6 Å². The lowest BCUT2D eigenvalue weighted by atomic mass is 9.81. The summed E-state index contributed by atoms with van der Waals surface area (Å²) in [7, 11) is -5.79. The number of aromatic nitrogens is 2. The van der Waals surface area contributed by atoms with Crippen molar-refractivity contribution in [3.63, 3.8) is 0 Å². The van der Waals surface area contributed by atoms with Gasteiger partial charge in [-0.05, 0) is 36.6 Å². The Labute approximate surface area is 170 Å². The SMILES string of the molecule is CCCS(=O)(=O)Oc1c(C(=O)c2ccc3c(c2C)C(C)(C)CS3(=O)=O)cnn1C. The van der Waals surface area contributed by atoms with E-state index in [4.69, 9.17) is 4.18 Å². The Bertz CT molecular complexity index is 1210. The summed E-state index contributed by atoms with van der Waals surface area (Å²) in [6, 6.07) is 2.91. The highest BCUT2D eigenvalue weighted by Gasteiger charge is 2.42. The first-order valence-corrected chi connectivity index (χ1v) is 12.4. The molecule has 0 saturated heterocycles. The Morgan fingerprint density at radius 2 is 1.93 bits per heavy atom. The van der Waals surface area contributed by atoms with Gasteiger partial charge in [0.15, 0.2) is 15.6 Å². The molecular formula is C19H24N2O6S2. The van der Waals surface area contributed by atoms with Crippen LogP contribution >= 0.6 is 0 Å².